The molecule has 2 rings (SSSR count). The lowest BCUT2D eigenvalue weighted by Crippen LogP contribution is -2.56. The van der Waals surface area contributed by atoms with E-state index in [0.717, 1.165) is 38.1 Å². The van der Waals surface area contributed by atoms with Crippen LogP contribution in [0.3, 0.4) is 0 Å². The van der Waals surface area contributed by atoms with Crippen molar-refractivity contribution < 1.29 is 8.42 Å². The quantitative estimate of drug-likeness (QED) is 0.828. The average Bonchev–Trinajstić information content (AvgIpc) is 2.45. The Hall–Kier alpha value is 0.220. The molecule has 1 saturated heterocycles. The number of hydrogen-bond donors (Lipinski definition) is 1. The highest BCUT2D eigenvalue weighted by Crippen LogP contribution is 2.33. The number of likely N-dealkylation sites (N-methyl/N-ethyl adjacent to an activating group) is 2. The maximum absolute atomic E-state index is 11.9. The fraction of sp³-hybridized carbons (Fsp3) is 1.00. The zero-order valence-corrected chi connectivity index (χ0v) is 15.2. The molecule has 2 fully saturated rings. The molecular formula is C15H30N2O2S2. The van der Waals surface area contributed by atoms with Crippen molar-refractivity contribution in [3.05, 3.63) is 0 Å². The van der Waals surface area contributed by atoms with E-state index >= 15 is 0 Å². The lowest BCUT2D eigenvalue weighted by molar-refractivity contribution is 0.153. The van der Waals surface area contributed by atoms with Crippen molar-refractivity contribution in [2.24, 2.45) is 5.92 Å². The van der Waals surface area contributed by atoms with E-state index in [0.29, 0.717) is 18.0 Å². The highest BCUT2D eigenvalue weighted by Gasteiger charge is 2.38. The SMILES string of the molecule is CCNC(C1CCCC(S(C)(=O)=O)C1)C1CSCCN1C. The van der Waals surface area contributed by atoms with Gasteiger partial charge >= 0.3 is 0 Å². The molecule has 0 bridgehead atoms. The zero-order valence-electron chi connectivity index (χ0n) is 13.5. The van der Waals surface area contributed by atoms with Crippen LogP contribution >= 0.6 is 11.8 Å². The van der Waals surface area contributed by atoms with Crippen LogP contribution in [-0.2, 0) is 9.84 Å². The van der Waals surface area contributed by atoms with Crippen molar-refractivity contribution in [2.45, 2.75) is 49.9 Å². The summed E-state index contributed by atoms with van der Waals surface area (Å²) in [5.74, 6) is 2.86. The van der Waals surface area contributed by atoms with Crippen molar-refractivity contribution in [1.29, 1.82) is 0 Å². The summed E-state index contributed by atoms with van der Waals surface area (Å²) in [7, 11) is -0.684. The van der Waals surface area contributed by atoms with Gasteiger partial charge in [0.15, 0.2) is 0 Å². The molecule has 0 radical (unpaired) electrons. The van der Waals surface area contributed by atoms with Crippen LogP contribution in [0.2, 0.25) is 0 Å². The third-order valence-electron chi connectivity index (χ3n) is 5.08. The lowest BCUT2D eigenvalue weighted by atomic mass is 9.80. The summed E-state index contributed by atoms with van der Waals surface area (Å²) in [6, 6.07) is 0.962. The van der Waals surface area contributed by atoms with Crippen molar-refractivity contribution in [3.8, 4) is 0 Å². The standard InChI is InChI=1S/C15H30N2O2S2/c1-4-16-15(14-11-20-9-8-17(14)2)12-6-5-7-13(10-12)21(3,18)19/h12-16H,4-11H2,1-3H3. The third kappa shape index (κ3) is 4.60. The van der Waals surface area contributed by atoms with Crippen LogP contribution in [0.25, 0.3) is 0 Å². The molecule has 1 aliphatic carbocycles. The summed E-state index contributed by atoms with van der Waals surface area (Å²) in [4.78, 5) is 2.47. The Balaban J connectivity index is 2.09. The van der Waals surface area contributed by atoms with Gasteiger partial charge in [0.25, 0.3) is 0 Å². The molecule has 1 heterocycles. The molecule has 4 nitrogen and oxygen atoms in total. The fourth-order valence-electron chi connectivity index (χ4n) is 3.83. The number of nitrogens with zero attached hydrogens (tertiary/aromatic N) is 1. The molecule has 1 N–H and O–H groups in total. The van der Waals surface area contributed by atoms with E-state index < -0.39 is 9.84 Å². The molecule has 21 heavy (non-hydrogen) atoms. The van der Waals surface area contributed by atoms with E-state index in [9.17, 15) is 8.42 Å². The van der Waals surface area contributed by atoms with Gasteiger partial charge < -0.3 is 10.2 Å². The van der Waals surface area contributed by atoms with Gasteiger partial charge in [-0.1, -0.05) is 13.3 Å². The largest absolute Gasteiger partial charge is 0.312 e. The summed E-state index contributed by atoms with van der Waals surface area (Å²) in [6.07, 6.45) is 5.31. The second kappa shape index (κ2) is 7.66. The first kappa shape index (κ1) is 17.6. The molecular weight excluding hydrogens is 304 g/mol. The van der Waals surface area contributed by atoms with Crippen molar-refractivity contribution in [3.63, 3.8) is 0 Å². The van der Waals surface area contributed by atoms with Gasteiger partial charge in [-0.2, -0.15) is 11.8 Å². The Labute approximate surface area is 134 Å². The molecule has 6 heteroatoms. The first-order valence-corrected chi connectivity index (χ1v) is 11.2. The number of sulfone groups is 1. The molecule has 2 aliphatic rings. The summed E-state index contributed by atoms with van der Waals surface area (Å²) in [5, 5.41) is 3.55. The van der Waals surface area contributed by atoms with Crippen LogP contribution in [0.5, 0.6) is 0 Å². The number of rotatable bonds is 5. The van der Waals surface area contributed by atoms with E-state index in [4.69, 9.17) is 0 Å². The second-order valence-corrected chi connectivity index (χ2v) is 10.1. The Morgan fingerprint density at radius 2 is 2.14 bits per heavy atom. The van der Waals surface area contributed by atoms with E-state index in [1.54, 1.807) is 0 Å². The van der Waals surface area contributed by atoms with E-state index in [1.165, 1.54) is 18.4 Å². The number of thioether (sulfide) groups is 1. The van der Waals surface area contributed by atoms with Gasteiger partial charge in [-0.15, -0.1) is 0 Å². The van der Waals surface area contributed by atoms with Gasteiger partial charge in [-0.05, 0) is 38.8 Å². The first-order chi connectivity index (χ1) is 9.93. The van der Waals surface area contributed by atoms with Gasteiger partial charge in [-0.3, -0.25) is 0 Å². The van der Waals surface area contributed by atoms with Crippen molar-refractivity contribution in [2.75, 3.05) is 37.9 Å². The zero-order chi connectivity index (χ0) is 15.5. The maximum atomic E-state index is 11.9. The summed E-state index contributed by atoms with van der Waals surface area (Å²) in [6.45, 7) is 4.25. The fourth-order valence-corrected chi connectivity index (χ4v) is 6.31. The van der Waals surface area contributed by atoms with Crippen LogP contribution in [0, 0.1) is 5.92 Å². The van der Waals surface area contributed by atoms with Crippen LogP contribution in [0.4, 0.5) is 0 Å². The van der Waals surface area contributed by atoms with Crippen LogP contribution in [0.1, 0.15) is 32.6 Å². The van der Waals surface area contributed by atoms with Gasteiger partial charge in [0.05, 0.1) is 5.25 Å². The molecule has 0 aromatic heterocycles. The highest BCUT2D eigenvalue weighted by molar-refractivity contribution is 7.99. The number of nitrogens with one attached hydrogen (secondary N) is 1. The minimum atomic E-state index is -2.90. The topological polar surface area (TPSA) is 49.4 Å². The Morgan fingerprint density at radius 1 is 1.38 bits per heavy atom. The summed E-state index contributed by atoms with van der Waals surface area (Å²) >= 11 is 2.03. The highest BCUT2D eigenvalue weighted by atomic mass is 32.2. The lowest BCUT2D eigenvalue weighted by Gasteiger charge is -2.43. The van der Waals surface area contributed by atoms with E-state index in [1.807, 2.05) is 11.8 Å². The molecule has 0 aromatic rings. The molecule has 4 atom stereocenters. The van der Waals surface area contributed by atoms with E-state index in [2.05, 4.69) is 24.2 Å². The minimum absolute atomic E-state index is 0.126. The normalized spacial score (nSPS) is 33.8. The molecule has 4 unspecified atom stereocenters. The van der Waals surface area contributed by atoms with Crippen LogP contribution in [-0.4, -0.2) is 68.5 Å². The van der Waals surface area contributed by atoms with Gasteiger partial charge in [0, 0.05) is 36.4 Å². The van der Waals surface area contributed by atoms with E-state index in [-0.39, 0.29) is 5.25 Å². The maximum Gasteiger partial charge on any atom is 0.150 e. The molecule has 0 aromatic carbocycles. The molecule has 124 valence electrons. The van der Waals surface area contributed by atoms with Crippen LogP contribution < -0.4 is 5.32 Å². The smallest absolute Gasteiger partial charge is 0.150 e. The Morgan fingerprint density at radius 3 is 2.76 bits per heavy atom. The molecule has 0 amide bonds. The van der Waals surface area contributed by atoms with Gasteiger partial charge in [0.1, 0.15) is 9.84 Å². The van der Waals surface area contributed by atoms with Crippen molar-refractivity contribution in [1.82, 2.24) is 10.2 Å². The Kier molecular flexibility index (Phi) is 6.41. The minimum Gasteiger partial charge on any atom is -0.312 e. The third-order valence-corrected chi connectivity index (χ3v) is 7.77. The number of hydrogen-bond acceptors (Lipinski definition) is 5. The molecule has 1 saturated carbocycles. The average molecular weight is 335 g/mol. The van der Waals surface area contributed by atoms with Crippen molar-refractivity contribution >= 4 is 21.6 Å². The Bertz CT molecular complexity index is 427. The predicted molar refractivity (Wildman–Crippen MR) is 91.8 cm³/mol. The summed E-state index contributed by atoms with van der Waals surface area (Å²) < 4.78 is 23.8. The second-order valence-electron chi connectivity index (χ2n) is 6.58. The van der Waals surface area contributed by atoms with Gasteiger partial charge in [0.2, 0.25) is 0 Å². The van der Waals surface area contributed by atoms with Gasteiger partial charge in [-0.25, -0.2) is 8.42 Å². The molecule has 0 spiro atoms. The predicted octanol–water partition coefficient (Wildman–Crippen LogP) is 1.62. The first-order valence-electron chi connectivity index (χ1n) is 8.13. The summed E-state index contributed by atoms with van der Waals surface area (Å²) in [5.41, 5.74) is 0. The monoisotopic (exact) mass is 334 g/mol. The van der Waals surface area contributed by atoms with Crippen LogP contribution in [0.15, 0.2) is 0 Å². The molecule has 1 aliphatic heterocycles.